The van der Waals surface area contributed by atoms with E-state index < -0.39 is 68.4 Å². The van der Waals surface area contributed by atoms with Crippen LogP contribution in [-0.4, -0.2) is 98.5 Å². The number of aromatic nitrogens is 2. The molecule has 1 aromatic heterocycles. The number of hydrogen-bond donors (Lipinski definition) is 4. The van der Waals surface area contributed by atoms with Crippen LogP contribution in [0.15, 0.2) is 101 Å². The first-order valence-corrected chi connectivity index (χ1v) is 36.2. The summed E-state index contributed by atoms with van der Waals surface area (Å²) in [5, 5.41) is 0. The maximum absolute atomic E-state index is 13.9. The molecule has 7 atom stereocenters. The largest absolute Gasteiger partial charge is 0.508 e. The highest BCUT2D eigenvalue weighted by atomic mass is 31.2. The van der Waals surface area contributed by atoms with E-state index >= 15 is 0 Å². The van der Waals surface area contributed by atoms with Crippen molar-refractivity contribution in [2.24, 2.45) is 5.50 Å². The first kappa shape index (κ1) is 77.0. The number of nitrogens with zero attached hydrogens (tertiary/aromatic N) is 1. The molecule has 4 aromatic rings. The van der Waals surface area contributed by atoms with E-state index in [0.717, 1.165) is 93.7 Å². The van der Waals surface area contributed by atoms with Gasteiger partial charge in [0.05, 0.1) is 27.4 Å². The Balaban J connectivity index is 1.41. The third-order valence-corrected chi connectivity index (χ3v) is 17.6. The molecule has 0 bridgehead atoms. The summed E-state index contributed by atoms with van der Waals surface area (Å²) in [5.74, 6) is 1.28. The minimum absolute atomic E-state index is 0.227. The Labute approximate surface area is 545 Å². The Morgan fingerprint density at radius 1 is 0.582 bits per heavy atom. The fraction of sp³-hybridized carbons (Fsp3) is 0.681. The van der Waals surface area contributed by atoms with Gasteiger partial charge in [-0.25, -0.2) is 9.59 Å². The number of nitrogens with two attached hydrogens (primary N) is 1. The van der Waals surface area contributed by atoms with E-state index in [1.54, 1.807) is 14.2 Å². The van der Waals surface area contributed by atoms with Gasteiger partial charge in [0.25, 0.3) is 14.1 Å². The zero-order chi connectivity index (χ0) is 65.0. The van der Waals surface area contributed by atoms with Crippen molar-refractivity contribution in [2.45, 2.75) is 269 Å². The highest BCUT2D eigenvalue weighted by molar-refractivity contribution is 7.43. The number of nitrogens with one attached hydrogen (secondary N) is 2. The number of hydroxylamine groups is 1. The molecule has 0 spiro atoms. The van der Waals surface area contributed by atoms with Crippen LogP contribution in [0.1, 0.15) is 249 Å². The molecule has 3 unspecified atom stereocenters. The highest BCUT2D eigenvalue weighted by Gasteiger charge is 2.51. The van der Waals surface area contributed by atoms with Crippen LogP contribution in [-0.2, 0) is 43.4 Å². The van der Waals surface area contributed by atoms with Gasteiger partial charge in [0, 0.05) is 25.5 Å². The smallest absolute Gasteiger partial charge is 0.497 e. The maximum Gasteiger partial charge on any atom is 0.508 e. The molecule has 2 heterocycles. The summed E-state index contributed by atoms with van der Waals surface area (Å²) in [6.45, 7) is 7.06. The number of aromatic amines is 1. The molecule has 1 aliphatic rings. The van der Waals surface area contributed by atoms with Crippen LogP contribution in [0.5, 0.6) is 11.5 Å². The standard InChI is InChI=1S/C72H115N4O14P/c1-6-9-12-15-17-19-21-23-25-27-29-31-33-39-53-83-64(56-86-71(79)85-55-38-14-11-8-3)68(84-54-40-34-32-30-28-26-24-22-20-18-16-13-10-7-2)75-89-67-66(90-91(73)80)63(88-69(67)76-52-51-65(77)74-70(76)78)57-87-72(58-41-36-35-37-42-58,59-43-47-61(81-4)48-44-59)60-45-49-62(82-5)50-46-60/h35-37,41-52,63-64,66-69,75,80H,6-34,38-40,53-57,73H2,1-5H3,(H,74,77,78)/t63-,64?,66-,67-,68?,69-,91?/m1/s1. The zero-order valence-electron chi connectivity index (χ0n) is 56.0. The third kappa shape index (κ3) is 28.8. The molecule has 0 aliphatic carbocycles. The Bertz CT molecular complexity index is 2530. The number of H-pyrrole nitrogens is 1. The summed E-state index contributed by atoms with van der Waals surface area (Å²) in [5.41, 5.74) is 8.82. The van der Waals surface area contributed by atoms with Crippen molar-refractivity contribution >= 4 is 14.7 Å². The van der Waals surface area contributed by atoms with Crippen molar-refractivity contribution in [1.29, 1.82) is 0 Å². The summed E-state index contributed by atoms with van der Waals surface area (Å²) in [6.07, 6.45) is 31.1. The number of rotatable bonds is 54. The topological polar surface area (TPSA) is 223 Å². The van der Waals surface area contributed by atoms with Crippen LogP contribution in [0, 0.1) is 0 Å². The van der Waals surface area contributed by atoms with E-state index in [4.69, 9.17) is 52.8 Å². The molecule has 0 amide bonds. The quantitative estimate of drug-likeness (QED) is 0.00806. The van der Waals surface area contributed by atoms with Crippen LogP contribution < -0.4 is 31.7 Å². The van der Waals surface area contributed by atoms with E-state index in [1.165, 1.54) is 145 Å². The minimum atomic E-state index is -2.60. The number of ether oxygens (including phenoxy) is 8. The van der Waals surface area contributed by atoms with Crippen molar-refractivity contribution in [3.8, 4) is 11.5 Å². The lowest BCUT2D eigenvalue weighted by Crippen LogP contribution is -2.51. The minimum Gasteiger partial charge on any atom is -0.497 e. The first-order chi connectivity index (χ1) is 44.6. The van der Waals surface area contributed by atoms with Crippen molar-refractivity contribution in [2.75, 3.05) is 47.3 Å². The fourth-order valence-corrected chi connectivity index (χ4v) is 12.4. The van der Waals surface area contributed by atoms with Gasteiger partial charge in [0.2, 0.25) is 0 Å². The van der Waals surface area contributed by atoms with Gasteiger partial charge in [-0.3, -0.25) is 24.7 Å². The van der Waals surface area contributed by atoms with Gasteiger partial charge in [-0.1, -0.05) is 262 Å². The molecule has 1 aliphatic heterocycles. The average molecular weight is 1290 g/mol. The van der Waals surface area contributed by atoms with E-state index in [0.29, 0.717) is 24.7 Å². The van der Waals surface area contributed by atoms with Gasteiger partial charge >= 0.3 is 11.8 Å². The summed E-state index contributed by atoms with van der Waals surface area (Å²) >= 11 is 0. The Hall–Kier alpha value is -4.72. The van der Waals surface area contributed by atoms with Crippen molar-refractivity contribution < 1.29 is 56.9 Å². The fourth-order valence-electron chi connectivity index (χ4n) is 11.9. The van der Waals surface area contributed by atoms with Gasteiger partial charge in [0.1, 0.15) is 42.0 Å². The van der Waals surface area contributed by atoms with Gasteiger partial charge in [-0.05, 0) is 60.2 Å². The molecule has 3 aromatic carbocycles. The average Bonchev–Trinajstić information content (AvgIpc) is 1.65. The first-order valence-electron chi connectivity index (χ1n) is 34.9. The second-order valence-corrected chi connectivity index (χ2v) is 25.1. The van der Waals surface area contributed by atoms with E-state index in [1.807, 2.05) is 78.9 Å². The zero-order valence-corrected chi connectivity index (χ0v) is 56.9. The van der Waals surface area contributed by atoms with E-state index in [-0.39, 0.29) is 19.8 Å². The highest BCUT2D eigenvalue weighted by Crippen LogP contribution is 2.44. The number of methoxy groups -OCH3 is 2. The van der Waals surface area contributed by atoms with E-state index in [9.17, 15) is 19.3 Å². The summed E-state index contributed by atoms with van der Waals surface area (Å²) < 4.78 is 57.4. The molecule has 1 saturated heterocycles. The lowest BCUT2D eigenvalue weighted by Gasteiger charge is -2.37. The van der Waals surface area contributed by atoms with Crippen LogP contribution >= 0.6 is 8.53 Å². The molecule has 5 N–H and O–H groups in total. The van der Waals surface area contributed by atoms with Gasteiger partial charge in [0.15, 0.2) is 18.6 Å². The predicted molar refractivity (Wildman–Crippen MR) is 361 cm³/mol. The number of hydrogen-bond acceptors (Lipinski definition) is 16. The Kier molecular flexibility index (Phi) is 39.9. The second-order valence-electron chi connectivity index (χ2n) is 24.3. The number of carbonyl (C=O) groups excluding carboxylic acids is 1. The molecule has 0 saturated carbocycles. The van der Waals surface area contributed by atoms with Crippen LogP contribution in [0.25, 0.3) is 0 Å². The SMILES string of the molecule is CCCCCCCCCCCCCCCCOC(COC(=O)OCCCCCC)C(NO[C@@H]1[C@H](OP(N)O)[C@@H](COC(c2ccccc2)(c2ccc(OC)cc2)c2ccc(OC)cc2)O[C@H]1n1ccc(=O)[nH]c1=O)OCCCCCCCCCCCCCCCC. The Morgan fingerprint density at radius 2 is 1.02 bits per heavy atom. The molecule has 1 fully saturated rings. The normalized spacial score (nSPS) is 16.8. The molecule has 5 rings (SSSR count). The number of carbonyl (C=O) groups is 1. The molecule has 512 valence electrons. The predicted octanol–water partition coefficient (Wildman–Crippen LogP) is 16.3. The van der Waals surface area contributed by atoms with Crippen molar-refractivity contribution in [3.05, 3.63) is 129 Å². The lowest BCUT2D eigenvalue weighted by atomic mass is 9.80. The maximum atomic E-state index is 13.9. The van der Waals surface area contributed by atoms with Crippen LogP contribution in [0.4, 0.5) is 4.79 Å². The van der Waals surface area contributed by atoms with E-state index in [2.05, 4.69) is 31.2 Å². The van der Waals surface area contributed by atoms with Crippen LogP contribution in [0.3, 0.4) is 0 Å². The van der Waals surface area contributed by atoms with Crippen molar-refractivity contribution in [1.82, 2.24) is 15.0 Å². The van der Waals surface area contributed by atoms with Gasteiger partial charge in [-0.2, -0.15) is 5.48 Å². The molecule has 18 nitrogen and oxygen atoms in total. The van der Waals surface area contributed by atoms with Gasteiger partial charge < -0.3 is 47.3 Å². The summed E-state index contributed by atoms with van der Waals surface area (Å²) in [7, 11) is 0.608. The Morgan fingerprint density at radius 3 is 1.48 bits per heavy atom. The number of unbranched alkanes of at least 4 members (excludes halogenated alkanes) is 29. The lowest BCUT2D eigenvalue weighted by molar-refractivity contribution is -0.198. The monoisotopic (exact) mass is 1290 g/mol. The van der Waals surface area contributed by atoms with Crippen molar-refractivity contribution in [3.63, 3.8) is 0 Å². The van der Waals surface area contributed by atoms with Crippen LogP contribution in [0.2, 0.25) is 0 Å². The molecule has 19 heteroatoms. The second kappa shape index (κ2) is 47.2. The molecular weight excluding hydrogens is 1180 g/mol. The van der Waals surface area contributed by atoms with Gasteiger partial charge in [-0.15, -0.1) is 0 Å². The summed E-state index contributed by atoms with van der Waals surface area (Å²) in [4.78, 5) is 59.8. The summed E-state index contributed by atoms with van der Waals surface area (Å²) in [6, 6.07) is 26.1. The molecule has 91 heavy (non-hydrogen) atoms. The molecule has 0 radical (unpaired) electrons. The number of benzene rings is 3. The third-order valence-electron chi connectivity index (χ3n) is 17.1. The molecular formula is C72H115N4O14P.